The summed E-state index contributed by atoms with van der Waals surface area (Å²) in [5, 5.41) is 24.2. The lowest BCUT2D eigenvalue weighted by Gasteiger charge is -2.61. The summed E-state index contributed by atoms with van der Waals surface area (Å²) >= 11 is 0. The molecule has 3 saturated carbocycles. The number of nitrogens with one attached hydrogen (secondary N) is 2. The van der Waals surface area contributed by atoms with Crippen molar-refractivity contribution < 1.29 is 33.8 Å². The molecule has 10 nitrogen and oxygen atoms in total. The van der Waals surface area contributed by atoms with Crippen LogP contribution in [0.3, 0.4) is 0 Å². The van der Waals surface area contributed by atoms with Crippen LogP contribution in [0.5, 0.6) is 0 Å². The van der Waals surface area contributed by atoms with Crippen LogP contribution in [0.4, 0.5) is 9.59 Å². The first-order valence-corrected chi connectivity index (χ1v) is 12.5. The Morgan fingerprint density at radius 1 is 1.25 bits per heavy atom. The van der Waals surface area contributed by atoms with Gasteiger partial charge in [0.15, 0.2) is 6.61 Å². The van der Waals surface area contributed by atoms with Crippen molar-refractivity contribution in [3.05, 3.63) is 12.7 Å². The van der Waals surface area contributed by atoms with E-state index >= 15 is 0 Å². The molecule has 36 heavy (non-hydrogen) atoms. The number of hydrogen-bond donors (Lipinski definition) is 3. The minimum atomic E-state index is -1.17. The molecule has 0 aromatic rings. The van der Waals surface area contributed by atoms with E-state index in [4.69, 9.17) is 14.7 Å². The van der Waals surface area contributed by atoms with Crippen molar-refractivity contribution >= 4 is 23.9 Å². The van der Waals surface area contributed by atoms with Crippen molar-refractivity contribution in [3.63, 3.8) is 0 Å². The number of amides is 3. The van der Waals surface area contributed by atoms with E-state index in [0.717, 1.165) is 12.8 Å². The molecule has 3 aliphatic rings. The van der Waals surface area contributed by atoms with E-state index < -0.39 is 53.2 Å². The van der Waals surface area contributed by atoms with Gasteiger partial charge in [-0.15, -0.1) is 6.58 Å². The van der Waals surface area contributed by atoms with E-state index in [9.17, 15) is 24.3 Å². The molecule has 0 saturated heterocycles. The Kier molecular flexibility index (Phi) is 7.84. The number of alkyl carbamates (subject to hydrolysis) is 2. The van der Waals surface area contributed by atoms with Crippen LogP contribution in [0.25, 0.3) is 0 Å². The van der Waals surface area contributed by atoms with Gasteiger partial charge in [0.05, 0.1) is 12.2 Å². The van der Waals surface area contributed by atoms with Crippen LogP contribution in [0.2, 0.25) is 0 Å². The molecule has 3 aliphatic carbocycles. The summed E-state index contributed by atoms with van der Waals surface area (Å²) in [6, 6.07) is 1.72. The molecule has 0 aromatic carbocycles. The van der Waals surface area contributed by atoms with E-state index in [1.165, 1.54) is 0 Å². The van der Waals surface area contributed by atoms with E-state index in [0.29, 0.717) is 12.8 Å². The molecule has 3 N–H and O–H groups in total. The van der Waals surface area contributed by atoms with Gasteiger partial charge in [-0.05, 0) is 42.9 Å². The fourth-order valence-electron chi connectivity index (χ4n) is 7.10. The highest BCUT2D eigenvalue weighted by atomic mass is 16.6. The van der Waals surface area contributed by atoms with Gasteiger partial charge in [-0.25, -0.2) is 14.9 Å². The third kappa shape index (κ3) is 4.61. The first kappa shape index (κ1) is 27.7. The van der Waals surface area contributed by atoms with E-state index in [2.05, 4.69) is 18.8 Å². The summed E-state index contributed by atoms with van der Waals surface area (Å²) in [4.78, 5) is 49.8. The smallest absolute Gasteiger partial charge is 0.417 e. The summed E-state index contributed by atoms with van der Waals surface area (Å²) in [6.07, 6.45) is 0.822. The third-order valence-corrected chi connectivity index (χ3v) is 9.45. The second-order valence-corrected chi connectivity index (χ2v) is 11.1. The quantitative estimate of drug-likeness (QED) is 0.382. The summed E-state index contributed by atoms with van der Waals surface area (Å²) in [5.74, 6) is -1.06. The van der Waals surface area contributed by atoms with E-state index in [-0.39, 0.29) is 36.5 Å². The largest absolute Gasteiger partial charge is 0.445 e. The minimum Gasteiger partial charge on any atom is -0.445 e. The van der Waals surface area contributed by atoms with Crippen LogP contribution >= 0.6 is 0 Å². The summed E-state index contributed by atoms with van der Waals surface area (Å²) in [6.45, 7) is 11.0. The molecule has 0 aliphatic heterocycles. The van der Waals surface area contributed by atoms with Crippen LogP contribution in [0.15, 0.2) is 12.7 Å². The zero-order valence-corrected chi connectivity index (χ0v) is 21.5. The van der Waals surface area contributed by atoms with Gasteiger partial charge in [0.25, 0.3) is 5.91 Å². The van der Waals surface area contributed by atoms with Gasteiger partial charge < -0.3 is 19.9 Å². The number of ether oxygens (including phenoxy) is 2. The number of nitriles is 1. The monoisotopic (exact) mass is 503 g/mol. The fourth-order valence-corrected chi connectivity index (χ4v) is 7.10. The van der Waals surface area contributed by atoms with Gasteiger partial charge >= 0.3 is 12.2 Å². The molecule has 3 fully saturated rings. The number of nitrogens with zero attached hydrogens (tertiary/aromatic N) is 1. The Morgan fingerprint density at radius 2 is 1.94 bits per heavy atom. The standard InChI is InChI=1S/C26H37N3O7/c1-6-24(4)13-18(36-23(34)29-22(33)35-14-19(31)28-12-11-27)25(5)15(2)7-9-26(16(3)21(24)32)10-8-17(30)20(25)26/h6,15-16,18,20-21,32H,1,7-10,12-14H2,2-5H3,(H,28,31)(H,29,33,34)/t15?,16-,18+,20-,21-,24+,25+,26-/m0/s1. The number of imide groups is 1. The summed E-state index contributed by atoms with van der Waals surface area (Å²) in [7, 11) is 0. The van der Waals surface area contributed by atoms with Crippen LogP contribution in [-0.2, 0) is 19.1 Å². The molecule has 1 unspecified atom stereocenters. The van der Waals surface area contributed by atoms with Gasteiger partial charge in [0, 0.05) is 23.2 Å². The van der Waals surface area contributed by atoms with E-state index in [1.54, 1.807) is 12.1 Å². The third-order valence-electron chi connectivity index (χ3n) is 9.45. The number of carbonyl (C=O) groups is 4. The molecule has 198 valence electrons. The van der Waals surface area contributed by atoms with Gasteiger partial charge in [0.2, 0.25) is 0 Å². The predicted octanol–water partition coefficient (Wildman–Crippen LogP) is 2.85. The van der Waals surface area contributed by atoms with Gasteiger partial charge in [-0.1, -0.05) is 33.8 Å². The number of carbonyl (C=O) groups excluding carboxylic acids is 4. The minimum absolute atomic E-state index is 0.0442. The second kappa shape index (κ2) is 10.2. The molecule has 3 rings (SSSR count). The number of hydrogen-bond acceptors (Lipinski definition) is 8. The number of rotatable bonds is 5. The zero-order chi connectivity index (χ0) is 26.9. The Balaban J connectivity index is 1.87. The molecular formula is C26H37N3O7. The predicted molar refractivity (Wildman–Crippen MR) is 128 cm³/mol. The van der Waals surface area contributed by atoms with Crippen molar-refractivity contribution in [2.75, 3.05) is 13.2 Å². The Morgan fingerprint density at radius 3 is 2.58 bits per heavy atom. The molecule has 8 atom stereocenters. The Labute approximate surface area is 211 Å². The van der Waals surface area contributed by atoms with Gasteiger partial charge in [-0.2, -0.15) is 5.26 Å². The van der Waals surface area contributed by atoms with Crippen molar-refractivity contribution in [2.24, 2.45) is 34.0 Å². The zero-order valence-electron chi connectivity index (χ0n) is 21.5. The highest BCUT2D eigenvalue weighted by Crippen LogP contribution is 2.67. The average Bonchev–Trinajstić information content (AvgIpc) is 3.19. The lowest BCUT2D eigenvalue weighted by atomic mass is 9.44. The molecule has 2 bridgehead atoms. The fraction of sp³-hybridized carbons (Fsp3) is 0.731. The summed E-state index contributed by atoms with van der Waals surface area (Å²) < 4.78 is 10.6. The van der Waals surface area contributed by atoms with Crippen LogP contribution in [-0.4, -0.2) is 54.3 Å². The molecule has 0 radical (unpaired) electrons. The number of ketones is 1. The molecule has 3 amide bonds. The SMILES string of the molecule is C=C[C@]1(C)C[C@@H](OC(=O)NC(=O)OCC(=O)NCC#N)[C@@]2(C)C(C)CC[C@]3(CCC(=O)[C@H]32)[C@@H](C)[C@@H]1O. The molecule has 10 heteroatoms. The second-order valence-electron chi connectivity index (χ2n) is 11.1. The van der Waals surface area contributed by atoms with Crippen molar-refractivity contribution in [1.29, 1.82) is 5.26 Å². The Bertz CT molecular complexity index is 977. The average molecular weight is 504 g/mol. The Hall–Kier alpha value is -2.93. The molecule has 0 spiro atoms. The number of aliphatic hydroxyl groups excluding tert-OH is 1. The number of aliphatic hydroxyl groups is 1. The van der Waals surface area contributed by atoms with Gasteiger partial charge in [0.1, 0.15) is 18.4 Å². The van der Waals surface area contributed by atoms with E-state index in [1.807, 2.05) is 26.1 Å². The van der Waals surface area contributed by atoms with Gasteiger partial charge in [-0.3, -0.25) is 9.59 Å². The van der Waals surface area contributed by atoms with Crippen LogP contribution < -0.4 is 10.6 Å². The highest BCUT2D eigenvalue weighted by Gasteiger charge is 2.68. The maximum atomic E-state index is 13.4. The normalized spacial score (nSPS) is 39.4. The topological polar surface area (TPSA) is 155 Å². The first-order chi connectivity index (χ1) is 16.9. The van der Waals surface area contributed by atoms with Crippen LogP contribution in [0, 0.1) is 45.3 Å². The molecule has 0 aromatic heterocycles. The maximum Gasteiger partial charge on any atom is 0.417 e. The van der Waals surface area contributed by atoms with Crippen molar-refractivity contribution in [3.8, 4) is 6.07 Å². The summed E-state index contributed by atoms with van der Waals surface area (Å²) in [5.41, 5.74) is -1.93. The van der Waals surface area contributed by atoms with Crippen LogP contribution in [0.1, 0.15) is 59.8 Å². The van der Waals surface area contributed by atoms with Crippen molar-refractivity contribution in [2.45, 2.75) is 72.0 Å². The highest BCUT2D eigenvalue weighted by molar-refractivity contribution is 5.89. The van der Waals surface area contributed by atoms with Crippen molar-refractivity contribution in [1.82, 2.24) is 10.6 Å². The lowest BCUT2D eigenvalue weighted by molar-refractivity contribution is -0.191. The maximum absolute atomic E-state index is 13.4. The molecular weight excluding hydrogens is 466 g/mol. The molecule has 0 heterocycles. The lowest BCUT2D eigenvalue weighted by Crippen LogP contribution is -2.63. The number of Topliss-reactive ketones (excluding diaryl/α,β-unsaturated/α-hetero) is 1. The first-order valence-electron chi connectivity index (χ1n) is 12.5.